The van der Waals surface area contributed by atoms with E-state index < -0.39 is 29.5 Å². The fourth-order valence-electron chi connectivity index (χ4n) is 4.81. The summed E-state index contributed by atoms with van der Waals surface area (Å²) in [4.78, 5) is 29.2. The Balaban J connectivity index is 1.96. The minimum atomic E-state index is -0.906. The van der Waals surface area contributed by atoms with Gasteiger partial charge in [-0.3, -0.25) is 14.6 Å². The van der Waals surface area contributed by atoms with Gasteiger partial charge in [-0.1, -0.05) is 38.1 Å². The Morgan fingerprint density at radius 3 is 2.32 bits per heavy atom. The van der Waals surface area contributed by atoms with Crippen molar-refractivity contribution >= 4 is 11.8 Å². The molecule has 0 amide bonds. The van der Waals surface area contributed by atoms with Gasteiger partial charge in [-0.2, -0.15) is 0 Å². The molecule has 0 saturated carbocycles. The van der Waals surface area contributed by atoms with Gasteiger partial charge in [0, 0.05) is 34.4 Å². The second-order valence-corrected chi connectivity index (χ2v) is 9.66. The first kappa shape index (κ1) is 26.2. The molecule has 8 nitrogen and oxygen atoms in total. The molecule has 3 aromatic rings. The number of hydrogen-bond donors (Lipinski definition) is 3. The maximum absolute atomic E-state index is 12.6. The third-order valence-corrected chi connectivity index (χ3v) is 6.98. The molecular weight excluding hydrogens is 474 g/mol. The van der Waals surface area contributed by atoms with E-state index in [1.165, 1.54) is 20.1 Å². The topological polar surface area (TPSA) is 126 Å². The van der Waals surface area contributed by atoms with Crippen molar-refractivity contribution in [1.82, 2.24) is 4.98 Å². The summed E-state index contributed by atoms with van der Waals surface area (Å²) in [5.41, 5.74) is 3.43. The van der Waals surface area contributed by atoms with Gasteiger partial charge in [0.1, 0.15) is 23.4 Å². The van der Waals surface area contributed by atoms with Crippen molar-refractivity contribution in [1.29, 1.82) is 0 Å². The Morgan fingerprint density at radius 2 is 1.73 bits per heavy atom. The van der Waals surface area contributed by atoms with Crippen LogP contribution in [0.4, 0.5) is 0 Å². The zero-order valence-corrected chi connectivity index (χ0v) is 21.5. The van der Waals surface area contributed by atoms with Crippen molar-refractivity contribution in [3.05, 3.63) is 81.2 Å². The van der Waals surface area contributed by atoms with Gasteiger partial charge in [0.15, 0.2) is 5.78 Å². The number of benzene rings is 2. The standard InChI is InChI=1S/C29H31NO7/c1-14(2)17-6-8-18(9-7-17)21(11-23(32)36-5)25-27(34)20(16(4)31)10-22(28(25)35)29-24-19(13-37-29)12-30-15(3)26(24)33/h6-10,12,14,21,29,33-35H,11,13H2,1-5H3. The molecule has 2 atom stereocenters. The Hall–Kier alpha value is -3.91. The number of nitrogens with zero attached hydrogens (tertiary/aromatic N) is 1. The van der Waals surface area contributed by atoms with Crippen LogP contribution in [0.15, 0.2) is 36.5 Å². The maximum atomic E-state index is 12.6. The molecule has 37 heavy (non-hydrogen) atoms. The largest absolute Gasteiger partial charge is 0.507 e. The van der Waals surface area contributed by atoms with Crippen molar-refractivity contribution in [3.8, 4) is 17.2 Å². The van der Waals surface area contributed by atoms with Crippen molar-refractivity contribution in [2.24, 2.45) is 0 Å². The molecule has 2 aromatic carbocycles. The third kappa shape index (κ3) is 4.76. The molecule has 4 rings (SSSR count). The number of fused-ring (bicyclic) bond motifs is 1. The molecule has 1 aliphatic heterocycles. The summed E-state index contributed by atoms with van der Waals surface area (Å²) in [6.45, 7) is 7.23. The zero-order valence-electron chi connectivity index (χ0n) is 21.5. The van der Waals surface area contributed by atoms with Gasteiger partial charge in [0.2, 0.25) is 0 Å². The van der Waals surface area contributed by atoms with Crippen LogP contribution in [0, 0.1) is 6.92 Å². The van der Waals surface area contributed by atoms with Crippen LogP contribution in [0.1, 0.15) is 94.6 Å². The van der Waals surface area contributed by atoms with Gasteiger partial charge in [-0.05, 0) is 37.0 Å². The second-order valence-electron chi connectivity index (χ2n) is 9.66. The predicted octanol–water partition coefficient (Wildman–Crippen LogP) is 5.15. The quantitative estimate of drug-likeness (QED) is 0.297. The molecule has 0 bridgehead atoms. The highest BCUT2D eigenvalue weighted by Gasteiger charge is 2.36. The van der Waals surface area contributed by atoms with Crippen LogP contribution in [0.3, 0.4) is 0 Å². The number of ketones is 1. The minimum Gasteiger partial charge on any atom is -0.507 e. The zero-order chi connectivity index (χ0) is 27.0. The summed E-state index contributed by atoms with van der Waals surface area (Å²) >= 11 is 0. The number of methoxy groups -OCH3 is 1. The smallest absolute Gasteiger partial charge is 0.306 e. The molecule has 0 spiro atoms. The number of esters is 1. The number of ether oxygens (including phenoxy) is 2. The summed E-state index contributed by atoms with van der Waals surface area (Å²) in [6, 6.07) is 8.91. The Kier molecular flexibility index (Phi) is 7.23. The van der Waals surface area contributed by atoms with E-state index in [2.05, 4.69) is 18.8 Å². The summed E-state index contributed by atoms with van der Waals surface area (Å²) in [6.07, 6.45) is 0.511. The molecular formula is C29H31NO7. The Labute approximate surface area is 215 Å². The van der Waals surface area contributed by atoms with E-state index in [9.17, 15) is 24.9 Å². The van der Waals surface area contributed by atoms with Crippen LogP contribution in [0.2, 0.25) is 0 Å². The van der Waals surface area contributed by atoms with Crippen molar-refractivity contribution in [2.45, 2.75) is 58.7 Å². The van der Waals surface area contributed by atoms with Crippen molar-refractivity contribution < 1.29 is 34.4 Å². The third-order valence-electron chi connectivity index (χ3n) is 6.98. The minimum absolute atomic E-state index is 0.0210. The van der Waals surface area contributed by atoms with E-state index in [0.717, 1.165) is 5.56 Å². The number of hydrogen-bond acceptors (Lipinski definition) is 8. The number of phenols is 2. The van der Waals surface area contributed by atoms with Crippen molar-refractivity contribution in [3.63, 3.8) is 0 Å². The van der Waals surface area contributed by atoms with Gasteiger partial charge >= 0.3 is 5.97 Å². The molecule has 0 radical (unpaired) electrons. The van der Waals surface area contributed by atoms with E-state index in [-0.39, 0.29) is 47.1 Å². The number of rotatable bonds is 7. The number of aryl methyl sites for hydroxylation is 1. The lowest BCUT2D eigenvalue weighted by atomic mass is 9.82. The molecule has 194 valence electrons. The van der Waals surface area contributed by atoms with Gasteiger partial charge in [-0.25, -0.2) is 0 Å². The molecule has 2 heterocycles. The first-order valence-electron chi connectivity index (χ1n) is 12.1. The van der Waals surface area contributed by atoms with E-state index in [0.29, 0.717) is 22.4 Å². The molecule has 8 heteroatoms. The van der Waals surface area contributed by atoms with Gasteiger partial charge in [0.05, 0.1) is 31.4 Å². The second kappa shape index (κ2) is 10.2. The molecule has 1 aliphatic rings. The van der Waals surface area contributed by atoms with Crippen LogP contribution in [0.5, 0.6) is 17.2 Å². The fourth-order valence-corrected chi connectivity index (χ4v) is 4.81. The van der Waals surface area contributed by atoms with E-state index in [1.807, 2.05) is 24.3 Å². The molecule has 2 unspecified atom stereocenters. The number of pyridine rings is 1. The highest BCUT2D eigenvalue weighted by atomic mass is 16.5. The highest BCUT2D eigenvalue weighted by molar-refractivity contribution is 5.98. The molecule has 3 N–H and O–H groups in total. The average molecular weight is 506 g/mol. The molecule has 0 saturated heterocycles. The molecule has 0 fully saturated rings. The predicted molar refractivity (Wildman–Crippen MR) is 136 cm³/mol. The summed E-state index contributed by atoms with van der Waals surface area (Å²) in [5, 5.41) is 33.6. The number of aromatic hydroxyl groups is 3. The first-order valence-corrected chi connectivity index (χ1v) is 12.1. The van der Waals surface area contributed by atoms with Crippen LogP contribution in [-0.2, 0) is 20.9 Å². The van der Waals surface area contributed by atoms with Gasteiger partial charge in [0.25, 0.3) is 0 Å². The number of carbonyl (C=O) groups excluding carboxylic acids is 2. The van der Waals surface area contributed by atoms with E-state index >= 15 is 0 Å². The number of carbonyl (C=O) groups is 2. The summed E-state index contributed by atoms with van der Waals surface area (Å²) < 4.78 is 10.9. The first-order chi connectivity index (χ1) is 17.5. The average Bonchev–Trinajstić information content (AvgIpc) is 3.30. The van der Waals surface area contributed by atoms with Crippen LogP contribution < -0.4 is 0 Å². The van der Waals surface area contributed by atoms with Crippen LogP contribution in [-0.4, -0.2) is 39.2 Å². The lowest BCUT2D eigenvalue weighted by Crippen LogP contribution is -2.13. The van der Waals surface area contributed by atoms with E-state index in [1.54, 1.807) is 13.1 Å². The van der Waals surface area contributed by atoms with Crippen LogP contribution in [0.25, 0.3) is 0 Å². The van der Waals surface area contributed by atoms with Gasteiger partial charge < -0.3 is 24.8 Å². The summed E-state index contributed by atoms with van der Waals surface area (Å²) in [7, 11) is 1.26. The normalized spacial score (nSPS) is 15.5. The van der Waals surface area contributed by atoms with E-state index in [4.69, 9.17) is 9.47 Å². The fraction of sp³-hybridized carbons (Fsp3) is 0.345. The number of Topliss-reactive ketones (excluding diaryl/α,β-unsaturated/α-hetero) is 1. The maximum Gasteiger partial charge on any atom is 0.306 e. The number of phenolic OH excluding ortho intramolecular Hbond substituents is 2. The highest BCUT2D eigenvalue weighted by Crippen LogP contribution is 2.50. The summed E-state index contributed by atoms with van der Waals surface area (Å²) in [5.74, 6) is -2.31. The Morgan fingerprint density at radius 1 is 1.08 bits per heavy atom. The van der Waals surface area contributed by atoms with Gasteiger partial charge in [-0.15, -0.1) is 0 Å². The lowest BCUT2D eigenvalue weighted by molar-refractivity contribution is -0.140. The van der Waals surface area contributed by atoms with Crippen molar-refractivity contribution in [2.75, 3.05) is 7.11 Å². The number of aromatic nitrogens is 1. The van der Waals surface area contributed by atoms with Crippen LogP contribution >= 0.6 is 0 Å². The molecule has 0 aliphatic carbocycles. The molecule has 1 aromatic heterocycles. The SMILES string of the molecule is COC(=O)CC(c1ccc(C(C)C)cc1)c1c(O)c(C(C)=O)cc(C2OCc3cnc(C)c(O)c32)c1O. The lowest BCUT2D eigenvalue weighted by Gasteiger charge is -2.25. The monoisotopic (exact) mass is 505 g/mol. The Bertz CT molecular complexity index is 1360.